The molecule has 0 unspecified atom stereocenters. The third-order valence-electron chi connectivity index (χ3n) is 6.62. The predicted octanol–water partition coefficient (Wildman–Crippen LogP) is 4.56. The molecule has 1 aliphatic heterocycles. The molecule has 1 amide bonds. The number of benzene rings is 2. The fourth-order valence-corrected chi connectivity index (χ4v) is 4.91. The highest BCUT2D eigenvalue weighted by Crippen LogP contribution is 2.33. The minimum atomic E-state index is -0.158. The van der Waals surface area contributed by atoms with Crippen molar-refractivity contribution < 1.29 is 14.6 Å². The van der Waals surface area contributed by atoms with Crippen LogP contribution in [0.3, 0.4) is 0 Å². The average Bonchev–Trinajstić information content (AvgIpc) is 3.36. The van der Waals surface area contributed by atoms with Crippen LogP contribution in [-0.2, 0) is 19.5 Å². The van der Waals surface area contributed by atoms with E-state index in [0.29, 0.717) is 24.6 Å². The van der Waals surface area contributed by atoms with E-state index in [1.165, 1.54) is 32.1 Å². The average molecular weight is 405 g/mol. The normalized spacial score (nSPS) is 16.8. The largest absolute Gasteiger partial charge is 0.507 e. The Morgan fingerprint density at radius 1 is 1.17 bits per heavy atom. The molecule has 0 bridgehead atoms. The number of amides is 1. The molecule has 1 saturated carbocycles. The van der Waals surface area contributed by atoms with Gasteiger partial charge in [0.05, 0.1) is 23.9 Å². The quantitative estimate of drug-likeness (QED) is 0.667. The smallest absolute Gasteiger partial charge is 0.258 e. The number of rotatable bonds is 4. The van der Waals surface area contributed by atoms with Gasteiger partial charge in [0, 0.05) is 24.5 Å². The van der Waals surface area contributed by atoms with E-state index in [9.17, 15) is 9.90 Å². The Hall–Kier alpha value is -3.02. The molecule has 156 valence electrons. The second-order valence-corrected chi connectivity index (χ2v) is 8.59. The molecular weight excluding hydrogens is 378 g/mol. The van der Waals surface area contributed by atoms with Gasteiger partial charge in [0.25, 0.3) is 5.91 Å². The summed E-state index contributed by atoms with van der Waals surface area (Å²) < 4.78 is 5.30. The fraction of sp³-hybridized carbons (Fsp3) is 0.417. The van der Waals surface area contributed by atoms with Crippen molar-refractivity contribution in [2.75, 3.05) is 7.11 Å². The van der Waals surface area contributed by atoms with E-state index in [4.69, 9.17) is 4.74 Å². The second kappa shape index (κ2) is 7.67. The van der Waals surface area contributed by atoms with E-state index in [1.807, 2.05) is 24.3 Å². The summed E-state index contributed by atoms with van der Waals surface area (Å²) in [5, 5.41) is 19.0. The number of nitrogens with one attached hydrogen (secondary N) is 1. The number of hydrogen-bond acceptors (Lipinski definition) is 4. The number of aromatic hydroxyl groups is 1. The van der Waals surface area contributed by atoms with Crippen LogP contribution in [0.5, 0.6) is 11.5 Å². The van der Waals surface area contributed by atoms with Crippen LogP contribution in [0.4, 0.5) is 0 Å². The molecule has 0 saturated heterocycles. The molecule has 1 aliphatic carbocycles. The molecule has 30 heavy (non-hydrogen) atoms. The number of phenolic OH excluding ortho intramolecular Hbond substituents is 1. The van der Waals surface area contributed by atoms with Crippen LogP contribution in [0.25, 0.3) is 10.9 Å². The molecule has 3 aromatic rings. The molecule has 2 N–H and O–H groups in total. The standard InChI is InChI=1S/C24H27N3O3/c1-30-18-8-7-16-13-27(14-17(16)10-18)24(29)20-11-19-21(9-15-5-3-2-4-6-15)25-26-22(19)12-23(20)28/h7-8,10-12,15,28H,2-6,9,13-14H2,1H3,(H,25,26). The highest BCUT2D eigenvalue weighted by atomic mass is 16.5. The van der Waals surface area contributed by atoms with E-state index in [2.05, 4.69) is 10.2 Å². The number of phenols is 1. The van der Waals surface area contributed by atoms with Gasteiger partial charge in [-0.2, -0.15) is 5.10 Å². The Kier molecular flexibility index (Phi) is 4.85. The lowest BCUT2D eigenvalue weighted by Gasteiger charge is -2.20. The van der Waals surface area contributed by atoms with Crippen LogP contribution in [-0.4, -0.2) is 33.2 Å². The summed E-state index contributed by atoms with van der Waals surface area (Å²) in [6.45, 7) is 1.05. The predicted molar refractivity (Wildman–Crippen MR) is 115 cm³/mol. The zero-order chi connectivity index (χ0) is 20.7. The van der Waals surface area contributed by atoms with Crippen molar-refractivity contribution in [3.8, 4) is 11.5 Å². The number of ether oxygens (including phenoxy) is 1. The number of carbonyl (C=O) groups is 1. The molecule has 2 aromatic carbocycles. The van der Waals surface area contributed by atoms with Crippen molar-refractivity contribution in [2.24, 2.45) is 5.92 Å². The summed E-state index contributed by atoms with van der Waals surface area (Å²) in [4.78, 5) is 15.0. The molecule has 5 rings (SSSR count). The summed E-state index contributed by atoms with van der Waals surface area (Å²) in [5.74, 6) is 1.28. The van der Waals surface area contributed by atoms with E-state index in [0.717, 1.165) is 39.9 Å². The maximum absolute atomic E-state index is 13.3. The molecular formula is C24H27N3O3. The van der Waals surface area contributed by atoms with Crippen molar-refractivity contribution in [2.45, 2.75) is 51.6 Å². The van der Waals surface area contributed by atoms with Gasteiger partial charge in [0.15, 0.2) is 0 Å². The number of aromatic amines is 1. The summed E-state index contributed by atoms with van der Waals surface area (Å²) >= 11 is 0. The Bertz CT molecular complexity index is 1100. The van der Waals surface area contributed by atoms with Crippen molar-refractivity contribution in [1.82, 2.24) is 15.1 Å². The lowest BCUT2D eigenvalue weighted by atomic mass is 9.85. The third-order valence-corrected chi connectivity index (χ3v) is 6.62. The summed E-state index contributed by atoms with van der Waals surface area (Å²) in [5.41, 5.74) is 4.33. The molecule has 6 heteroatoms. The van der Waals surface area contributed by atoms with Crippen molar-refractivity contribution in [3.63, 3.8) is 0 Å². The van der Waals surface area contributed by atoms with E-state index in [1.54, 1.807) is 18.1 Å². The number of methoxy groups -OCH3 is 1. The van der Waals surface area contributed by atoms with Gasteiger partial charge in [0.2, 0.25) is 0 Å². The van der Waals surface area contributed by atoms with E-state index < -0.39 is 0 Å². The second-order valence-electron chi connectivity index (χ2n) is 8.59. The minimum absolute atomic E-state index is 0.00565. The van der Waals surface area contributed by atoms with Crippen molar-refractivity contribution in [1.29, 1.82) is 0 Å². The monoisotopic (exact) mass is 405 g/mol. The third kappa shape index (κ3) is 3.40. The van der Waals surface area contributed by atoms with Gasteiger partial charge in [-0.05, 0) is 41.7 Å². The molecule has 1 fully saturated rings. The highest BCUT2D eigenvalue weighted by Gasteiger charge is 2.27. The first kappa shape index (κ1) is 19.0. The Morgan fingerprint density at radius 2 is 1.97 bits per heavy atom. The first-order valence-corrected chi connectivity index (χ1v) is 10.8. The van der Waals surface area contributed by atoms with Gasteiger partial charge in [-0.25, -0.2) is 0 Å². The number of H-pyrrole nitrogens is 1. The Balaban J connectivity index is 1.41. The van der Waals surface area contributed by atoms with Crippen LogP contribution in [0.1, 0.15) is 59.3 Å². The van der Waals surface area contributed by atoms with Crippen molar-refractivity contribution in [3.05, 3.63) is 52.7 Å². The zero-order valence-corrected chi connectivity index (χ0v) is 17.3. The van der Waals surface area contributed by atoms with Gasteiger partial charge in [0.1, 0.15) is 11.5 Å². The summed E-state index contributed by atoms with van der Waals surface area (Å²) in [6.07, 6.45) is 7.32. The zero-order valence-electron chi connectivity index (χ0n) is 17.3. The van der Waals surface area contributed by atoms with Gasteiger partial charge in [-0.3, -0.25) is 9.89 Å². The first-order chi connectivity index (χ1) is 14.6. The number of aromatic nitrogens is 2. The summed E-state index contributed by atoms with van der Waals surface area (Å²) in [6, 6.07) is 9.34. The molecule has 6 nitrogen and oxygen atoms in total. The SMILES string of the molecule is COc1ccc2c(c1)CN(C(=O)c1cc3c(CC4CCCCC4)n[nH]c3cc1O)C2. The Labute approximate surface area is 175 Å². The maximum atomic E-state index is 13.3. The van der Waals surface area contributed by atoms with Crippen LogP contribution in [0.15, 0.2) is 30.3 Å². The van der Waals surface area contributed by atoms with Gasteiger partial charge in [-0.1, -0.05) is 38.2 Å². The topological polar surface area (TPSA) is 78.5 Å². The van der Waals surface area contributed by atoms with Gasteiger partial charge < -0.3 is 14.7 Å². The minimum Gasteiger partial charge on any atom is -0.507 e. The first-order valence-electron chi connectivity index (χ1n) is 10.8. The summed E-state index contributed by atoms with van der Waals surface area (Å²) in [7, 11) is 1.64. The van der Waals surface area contributed by atoms with Crippen LogP contribution >= 0.6 is 0 Å². The highest BCUT2D eigenvalue weighted by molar-refractivity contribution is 6.01. The van der Waals surface area contributed by atoms with E-state index in [-0.39, 0.29) is 11.7 Å². The number of fused-ring (bicyclic) bond motifs is 2. The fourth-order valence-electron chi connectivity index (χ4n) is 4.91. The Morgan fingerprint density at radius 3 is 2.77 bits per heavy atom. The molecule has 1 aromatic heterocycles. The number of hydrogen-bond donors (Lipinski definition) is 2. The van der Waals surface area contributed by atoms with Crippen LogP contribution in [0, 0.1) is 5.92 Å². The molecule has 0 spiro atoms. The molecule has 2 aliphatic rings. The van der Waals surface area contributed by atoms with Crippen LogP contribution in [0.2, 0.25) is 0 Å². The maximum Gasteiger partial charge on any atom is 0.258 e. The van der Waals surface area contributed by atoms with E-state index >= 15 is 0 Å². The number of carbonyl (C=O) groups excluding carboxylic acids is 1. The van der Waals surface area contributed by atoms with Gasteiger partial charge >= 0.3 is 0 Å². The lowest BCUT2D eigenvalue weighted by molar-refractivity contribution is 0.0748. The van der Waals surface area contributed by atoms with Crippen LogP contribution < -0.4 is 4.74 Å². The van der Waals surface area contributed by atoms with Crippen molar-refractivity contribution >= 4 is 16.8 Å². The molecule has 2 heterocycles. The molecule has 0 radical (unpaired) electrons. The van der Waals surface area contributed by atoms with Gasteiger partial charge in [-0.15, -0.1) is 0 Å². The molecule has 0 atom stereocenters. The number of nitrogens with zero attached hydrogens (tertiary/aromatic N) is 2. The lowest BCUT2D eigenvalue weighted by Crippen LogP contribution is -2.25.